The quantitative estimate of drug-likeness (QED) is 0.337. The van der Waals surface area contributed by atoms with Crippen molar-refractivity contribution in [3.8, 4) is 0 Å². The van der Waals surface area contributed by atoms with Crippen LogP contribution >= 0.6 is 18.1 Å². The molecule has 4 rings (SSSR count). The lowest BCUT2D eigenvalue weighted by Crippen LogP contribution is -2.32. The van der Waals surface area contributed by atoms with E-state index in [1.165, 1.54) is 23.3 Å². The third-order valence-electron chi connectivity index (χ3n) is 4.24. The standard InChI is InChI=1S/C13H16N7O6PS/c14-13-17-10-7(11(23)18-13)16-5-20(10)12-9(22)8(21)6(26-12)3-28-27(24,25)19-2-1-15-4-19/h1-2,4-6,8-9,12,21-22H,3H2,(H,24,25)(H3,14,17,18,23)/p-1. The average Bonchev–Trinajstić information content (AvgIpc) is 3.35. The van der Waals surface area contributed by atoms with Crippen LogP contribution < -0.4 is 16.2 Å². The average molecular weight is 428 g/mol. The number of ether oxygens (including phenoxy) is 1. The molecule has 1 saturated heterocycles. The van der Waals surface area contributed by atoms with Crippen LogP contribution in [0.1, 0.15) is 6.23 Å². The van der Waals surface area contributed by atoms with Crippen LogP contribution in [-0.2, 0) is 9.30 Å². The Kier molecular flexibility index (Phi) is 4.77. The zero-order valence-electron chi connectivity index (χ0n) is 14.0. The SMILES string of the molecule is Nc1nc2c(ncn2C2OC(CSP(=O)([O-])n3ccnc3)C(O)C2O)c(=O)[nH]1. The Morgan fingerprint density at radius 1 is 1.39 bits per heavy atom. The molecular weight excluding hydrogens is 413 g/mol. The van der Waals surface area contributed by atoms with Gasteiger partial charge in [-0.25, -0.2) is 9.97 Å². The van der Waals surface area contributed by atoms with Crippen LogP contribution in [0.5, 0.6) is 0 Å². The zero-order valence-corrected chi connectivity index (χ0v) is 15.7. The lowest BCUT2D eigenvalue weighted by molar-refractivity contribution is -0.170. The summed E-state index contributed by atoms with van der Waals surface area (Å²) in [6.07, 6.45) is 0.112. The molecule has 0 radical (unpaired) electrons. The maximum atomic E-state index is 12.2. The third kappa shape index (κ3) is 3.23. The normalized spacial score (nSPS) is 27.2. The maximum absolute atomic E-state index is 12.2. The topological polar surface area (TPSA) is 197 Å². The van der Waals surface area contributed by atoms with Crippen molar-refractivity contribution in [2.24, 2.45) is 0 Å². The van der Waals surface area contributed by atoms with Crippen LogP contribution in [0.15, 0.2) is 29.8 Å². The summed E-state index contributed by atoms with van der Waals surface area (Å²) >= 11 is 0.559. The Labute approximate surface area is 160 Å². The monoisotopic (exact) mass is 428 g/mol. The number of rotatable bonds is 5. The Bertz CT molecular complexity index is 1100. The van der Waals surface area contributed by atoms with Gasteiger partial charge in [0.2, 0.25) is 5.95 Å². The number of aliphatic hydroxyl groups excluding tert-OH is 2. The smallest absolute Gasteiger partial charge is 0.280 e. The van der Waals surface area contributed by atoms with Crippen LogP contribution in [0.3, 0.4) is 0 Å². The maximum Gasteiger partial charge on any atom is 0.280 e. The highest BCUT2D eigenvalue weighted by molar-refractivity contribution is 8.55. The summed E-state index contributed by atoms with van der Waals surface area (Å²) in [7, 11) is 0. The molecule has 5 unspecified atom stereocenters. The summed E-state index contributed by atoms with van der Waals surface area (Å²) in [5.74, 6) is -0.289. The number of nitrogen functional groups attached to an aromatic ring is 1. The first kappa shape index (κ1) is 19.1. The molecule has 150 valence electrons. The van der Waals surface area contributed by atoms with E-state index in [1.807, 2.05) is 0 Å². The van der Waals surface area contributed by atoms with E-state index in [1.54, 1.807) is 0 Å². The molecule has 0 spiro atoms. The van der Waals surface area contributed by atoms with Crippen LogP contribution in [0.25, 0.3) is 11.2 Å². The summed E-state index contributed by atoms with van der Waals surface area (Å²) in [4.78, 5) is 38.0. The van der Waals surface area contributed by atoms with Gasteiger partial charge in [0.15, 0.2) is 24.1 Å². The van der Waals surface area contributed by atoms with Gasteiger partial charge in [-0.05, 0) is 0 Å². The van der Waals surface area contributed by atoms with Gasteiger partial charge in [0, 0.05) is 18.1 Å². The number of H-pyrrole nitrogens is 1. The molecule has 5 N–H and O–H groups in total. The van der Waals surface area contributed by atoms with Crippen molar-refractivity contribution >= 4 is 35.2 Å². The summed E-state index contributed by atoms with van der Waals surface area (Å²) in [5.41, 5.74) is 5.04. The molecule has 0 amide bonds. The number of nitrogens with one attached hydrogen (secondary N) is 1. The van der Waals surface area contributed by atoms with Gasteiger partial charge < -0.3 is 30.1 Å². The van der Waals surface area contributed by atoms with Gasteiger partial charge in [-0.1, -0.05) is 11.4 Å². The van der Waals surface area contributed by atoms with Gasteiger partial charge in [0.25, 0.3) is 5.56 Å². The van der Waals surface area contributed by atoms with E-state index in [9.17, 15) is 24.5 Å². The van der Waals surface area contributed by atoms with Gasteiger partial charge in [-0.2, -0.15) is 4.98 Å². The van der Waals surface area contributed by atoms with Crippen LogP contribution in [-0.4, -0.2) is 63.1 Å². The first-order valence-electron chi connectivity index (χ1n) is 7.96. The Morgan fingerprint density at radius 3 is 2.89 bits per heavy atom. The lowest BCUT2D eigenvalue weighted by atomic mass is 10.1. The van der Waals surface area contributed by atoms with Crippen molar-refractivity contribution < 1.29 is 24.4 Å². The van der Waals surface area contributed by atoms with Crippen molar-refractivity contribution in [1.82, 2.24) is 28.8 Å². The number of hydrogen-bond acceptors (Lipinski definition) is 11. The van der Waals surface area contributed by atoms with Gasteiger partial charge >= 0.3 is 0 Å². The molecular formula is C13H15N7O6PS-. The van der Waals surface area contributed by atoms with Gasteiger partial charge in [-0.3, -0.25) is 18.7 Å². The number of nitrogens with two attached hydrogens (primary N) is 1. The van der Waals surface area contributed by atoms with Crippen LogP contribution in [0, 0.1) is 0 Å². The predicted molar refractivity (Wildman–Crippen MR) is 96.2 cm³/mol. The highest BCUT2D eigenvalue weighted by atomic mass is 32.7. The minimum atomic E-state index is -4.07. The van der Waals surface area contributed by atoms with Gasteiger partial charge in [0.05, 0.1) is 18.8 Å². The first-order chi connectivity index (χ1) is 13.3. The van der Waals surface area contributed by atoms with E-state index in [4.69, 9.17) is 10.5 Å². The van der Waals surface area contributed by atoms with Crippen molar-refractivity contribution in [2.75, 3.05) is 11.5 Å². The summed E-state index contributed by atoms with van der Waals surface area (Å²) in [6, 6.07) is 0. The third-order valence-corrected chi connectivity index (χ3v) is 7.84. The number of imidazole rings is 2. The second kappa shape index (κ2) is 6.99. The molecule has 3 aromatic rings. The second-order valence-electron chi connectivity index (χ2n) is 6.03. The number of aromatic amines is 1. The Hall–Kier alpha value is -2.22. The molecule has 0 aliphatic carbocycles. The minimum Gasteiger partial charge on any atom is -0.775 e. The molecule has 0 saturated carbocycles. The molecule has 4 heterocycles. The van der Waals surface area contributed by atoms with Crippen molar-refractivity contribution in [3.63, 3.8) is 0 Å². The molecule has 15 heteroatoms. The van der Waals surface area contributed by atoms with Crippen molar-refractivity contribution in [3.05, 3.63) is 35.4 Å². The number of aliphatic hydroxyl groups is 2. The highest BCUT2D eigenvalue weighted by Gasteiger charge is 2.44. The van der Waals surface area contributed by atoms with Crippen molar-refractivity contribution in [1.29, 1.82) is 0 Å². The van der Waals surface area contributed by atoms with E-state index < -0.39 is 36.8 Å². The molecule has 5 atom stereocenters. The number of nitrogens with zero attached hydrogens (tertiary/aromatic N) is 5. The Balaban J connectivity index is 1.55. The number of hydrogen-bond donors (Lipinski definition) is 4. The molecule has 28 heavy (non-hydrogen) atoms. The highest BCUT2D eigenvalue weighted by Crippen LogP contribution is 2.52. The molecule has 1 fully saturated rings. The van der Waals surface area contributed by atoms with E-state index in [0.29, 0.717) is 11.4 Å². The molecule has 0 aromatic carbocycles. The number of anilines is 1. The summed E-state index contributed by atoms with van der Waals surface area (Å²) in [5, 5.41) is 20.7. The zero-order chi connectivity index (χ0) is 20.1. The molecule has 3 aromatic heterocycles. The number of aromatic nitrogens is 6. The fraction of sp³-hybridized carbons (Fsp3) is 0.385. The van der Waals surface area contributed by atoms with Crippen LogP contribution in [0.4, 0.5) is 5.95 Å². The molecule has 13 nitrogen and oxygen atoms in total. The summed E-state index contributed by atoms with van der Waals surface area (Å²) < 4.78 is 20.1. The van der Waals surface area contributed by atoms with Crippen LogP contribution in [0.2, 0.25) is 0 Å². The van der Waals surface area contributed by atoms with E-state index in [2.05, 4.69) is 19.9 Å². The van der Waals surface area contributed by atoms with Gasteiger partial charge in [-0.15, -0.1) is 0 Å². The van der Waals surface area contributed by atoms with Gasteiger partial charge in [0.1, 0.15) is 12.2 Å². The lowest BCUT2D eigenvalue weighted by Gasteiger charge is -2.25. The minimum absolute atomic E-state index is 0.0125. The molecule has 1 aliphatic heterocycles. The fourth-order valence-corrected chi connectivity index (χ4v) is 5.71. The van der Waals surface area contributed by atoms with E-state index in [0.717, 1.165) is 10.7 Å². The first-order valence-corrected chi connectivity index (χ1v) is 11.1. The second-order valence-corrected chi connectivity index (χ2v) is 10.2. The largest absolute Gasteiger partial charge is 0.775 e. The van der Waals surface area contributed by atoms with Crippen molar-refractivity contribution in [2.45, 2.75) is 24.5 Å². The Morgan fingerprint density at radius 2 is 2.18 bits per heavy atom. The molecule has 1 aliphatic rings. The van der Waals surface area contributed by atoms with E-state index in [-0.39, 0.29) is 22.9 Å². The molecule has 0 bridgehead atoms. The summed E-state index contributed by atoms with van der Waals surface area (Å²) in [6.45, 7) is -4.07. The van der Waals surface area contributed by atoms with E-state index >= 15 is 0 Å². The fourth-order valence-electron chi connectivity index (χ4n) is 2.86. The number of fused-ring (bicyclic) bond motifs is 1. The predicted octanol–water partition coefficient (Wildman–Crippen LogP) is -1.73.